The van der Waals surface area contributed by atoms with Crippen molar-refractivity contribution in [1.82, 2.24) is 20.0 Å². The maximum atomic E-state index is 12.9. The first-order valence-electron chi connectivity index (χ1n) is 10.5. The molecule has 2 aliphatic heterocycles. The van der Waals surface area contributed by atoms with E-state index in [1.807, 2.05) is 41.3 Å². The fraction of sp³-hybridized carbons (Fsp3) is 0.364. The quantitative estimate of drug-likeness (QED) is 0.633. The van der Waals surface area contributed by atoms with Gasteiger partial charge in [-0.1, -0.05) is 35.5 Å². The van der Waals surface area contributed by atoms with Gasteiger partial charge in [-0.3, -0.25) is 4.79 Å². The predicted octanol–water partition coefficient (Wildman–Crippen LogP) is 1.93. The van der Waals surface area contributed by atoms with E-state index in [4.69, 9.17) is 14.2 Å². The van der Waals surface area contributed by atoms with E-state index in [9.17, 15) is 4.79 Å². The van der Waals surface area contributed by atoms with Crippen LogP contribution in [0.2, 0.25) is 0 Å². The van der Waals surface area contributed by atoms with Crippen LogP contribution < -0.4 is 9.80 Å². The van der Waals surface area contributed by atoms with Crippen molar-refractivity contribution < 1.29 is 14.1 Å². The van der Waals surface area contributed by atoms with Crippen LogP contribution in [0, 0.1) is 0 Å². The van der Waals surface area contributed by atoms with Gasteiger partial charge in [-0.05, 0) is 6.07 Å². The molecule has 0 saturated carbocycles. The second kappa shape index (κ2) is 8.73. The molecule has 4 heterocycles. The molecule has 160 valence electrons. The molecule has 0 atom stereocenters. The Kier molecular flexibility index (Phi) is 5.49. The number of carbonyl (C=O) groups is 1. The Balaban J connectivity index is 1.22. The third-order valence-electron chi connectivity index (χ3n) is 5.60. The molecule has 5 rings (SSSR count). The van der Waals surface area contributed by atoms with E-state index in [-0.39, 0.29) is 5.91 Å². The first kappa shape index (κ1) is 19.5. The Hall–Kier alpha value is -3.46. The van der Waals surface area contributed by atoms with Gasteiger partial charge in [-0.25, -0.2) is 4.98 Å². The molecule has 1 aromatic carbocycles. The topological polar surface area (TPSA) is 87.8 Å². The number of morpholine rings is 1. The zero-order chi connectivity index (χ0) is 21.0. The number of carbonyl (C=O) groups excluding carboxylic acids is 1. The van der Waals surface area contributed by atoms with Crippen molar-refractivity contribution in [3.63, 3.8) is 0 Å². The molecular formula is C22H24N6O3. The van der Waals surface area contributed by atoms with Gasteiger partial charge < -0.3 is 24.0 Å². The highest BCUT2D eigenvalue weighted by atomic mass is 16.5. The van der Waals surface area contributed by atoms with E-state index in [0.29, 0.717) is 50.8 Å². The van der Waals surface area contributed by atoms with Gasteiger partial charge in [0.2, 0.25) is 5.95 Å². The summed E-state index contributed by atoms with van der Waals surface area (Å²) in [7, 11) is 0. The van der Waals surface area contributed by atoms with E-state index in [2.05, 4.69) is 19.9 Å². The monoisotopic (exact) mass is 420 g/mol. The summed E-state index contributed by atoms with van der Waals surface area (Å²) in [5.74, 6) is 2.10. The summed E-state index contributed by atoms with van der Waals surface area (Å²) in [5, 5.41) is 3.99. The minimum atomic E-state index is -0.109. The second-order valence-corrected chi connectivity index (χ2v) is 7.54. The zero-order valence-corrected chi connectivity index (χ0v) is 17.2. The van der Waals surface area contributed by atoms with E-state index < -0.39 is 0 Å². The minimum absolute atomic E-state index is 0.109. The predicted molar refractivity (Wildman–Crippen MR) is 115 cm³/mol. The van der Waals surface area contributed by atoms with Crippen molar-refractivity contribution >= 4 is 17.7 Å². The number of ether oxygens (including phenoxy) is 1. The lowest BCUT2D eigenvalue weighted by atomic mass is 10.1. The van der Waals surface area contributed by atoms with Crippen molar-refractivity contribution in [2.75, 3.05) is 62.3 Å². The number of amides is 1. The van der Waals surface area contributed by atoms with Gasteiger partial charge in [0.1, 0.15) is 5.82 Å². The Labute approximate surface area is 180 Å². The summed E-state index contributed by atoms with van der Waals surface area (Å²) in [4.78, 5) is 28.2. The van der Waals surface area contributed by atoms with Crippen LogP contribution >= 0.6 is 0 Å². The van der Waals surface area contributed by atoms with E-state index in [0.717, 1.165) is 30.4 Å². The van der Waals surface area contributed by atoms with Gasteiger partial charge in [0, 0.05) is 57.1 Å². The number of aromatic nitrogens is 3. The van der Waals surface area contributed by atoms with Crippen LogP contribution in [-0.4, -0.2) is 78.4 Å². The van der Waals surface area contributed by atoms with Gasteiger partial charge in [-0.2, -0.15) is 4.98 Å². The fourth-order valence-corrected chi connectivity index (χ4v) is 3.85. The highest BCUT2D eigenvalue weighted by Gasteiger charge is 2.26. The molecule has 2 aromatic heterocycles. The largest absolute Gasteiger partial charge is 0.378 e. The molecule has 2 fully saturated rings. The van der Waals surface area contributed by atoms with Crippen LogP contribution in [0.15, 0.2) is 53.2 Å². The normalized spacial score (nSPS) is 17.1. The number of hydrogen-bond donors (Lipinski definition) is 0. The zero-order valence-electron chi connectivity index (χ0n) is 17.2. The van der Waals surface area contributed by atoms with Crippen LogP contribution in [0.25, 0.3) is 11.3 Å². The lowest BCUT2D eigenvalue weighted by Crippen LogP contribution is -2.49. The molecule has 0 bridgehead atoms. The molecule has 2 saturated heterocycles. The number of rotatable bonds is 4. The van der Waals surface area contributed by atoms with Crippen molar-refractivity contribution in [3.8, 4) is 11.3 Å². The Morgan fingerprint density at radius 1 is 0.903 bits per heavy atom. The molecule has 0 N–H and O–H groups in total. The lowest BCUT2D eigenvalue weighted by Gasteiger charge is -2.35. The molecule has 2 aliphatic rings. The van der Waals surface area contributed by atoms with Crippen LogP contribution in [0.5, 0.6) is 0 Å². The van der Waals surface area contributed by atoms with Crippen LogP contribution in [-0.2, 0) is 4.74 Å². The van der Waals surface area contributed by atoms with Crippen molar-refractivity contribution in [2.45, 2.75) is 0 Å². The molecule has 31 heavy (non-hydrogen) atoms. The molecule has 0 spiro atoms. The smallest absolute Gasteiger partial charge is 0.276 e. The molecule has 0 aliphatic carbocycles. The second-order valence-electron chi connectivity index (χ2n) is 7.54. The minimum Gasteiger partial charge on any atom is -0.378 e. The first-order chi connectivity index (χ1) is 15.3. The number of nitrogens with zero attached hydrogens (tertiary/aromatic N) is 6. The van der Waals surface area contributed by atoms with Gasteiger partial charge in [0.15, 0.2) is 11.5 Å². The maximum absolute atomic E-state index is 12.9. The van der Waals surface area contributed by atoms with Crippen LogP contribution in [0.3, 0.4) is 0 Å². The van der Waals surface area contributed by atoms with Crippen LogP contribution in [0.1, 0.15) is 10.5 Å². The summed E-state index contributed by atoms with van der Waals surface area (Å²) in [6.07, 6.45) is 1.80. The summed E-state index contributed by atoms with van der Waals surface area (Å²) in [6.45, 7) is 5.60. The average molecular weight is 420 g/mol. The van der Waals surface area contributed by atoms with E-state index in [1.54, 1.807) is 12.3 Å². The highest BCUT2D eigenvalue weighted by molar-refractivity contribution is 5.93. The number of hydrogen-bond acceptors (Lipinski definition) is 8. The summed E-state index contributed by atoms with van der Waals surface area (Å²) in [6, 6.07) is 13.3. The molecule has 9 heteroatoms. The van der Waals surface area contributed by atoms with Gasteiger partial charge in [-0.15, -0.1) is 0 Å². The standard InChI is InChI=1S/C22H24N6O3/c29-21(18-16-19(31-25-18)17-4-2-1-3-5-17)27-10-8-26(9-11-27)20-6-7-23-22(24-20)28-12-14-30-15-13-28/h1-7,16H,8-15H2. The number of benzene rings is 1. The molecular weight excluding hydrogens is 396 g/mol. The molecule has 0 radical (unpaired) electrons. The number of anilines is 2. The third kappa shape index (κ3) is 4.22. The van der Waals surface area contributed by atoms with Gasteiger partial charge >= 0.3 is 0 Å². The van der Waals surface area contributed by atoms with E-state index >= 15 is 0 Å². The molecule has 3 aromatic rings. The fourth-order valence-electron chi connectivity index (χ4n) is 3.85. The first-order valence-corrected chi connectivity index (χ1v) is 10.5. The Bertz CT molecular complexity index is 1030. The molecule has 1 amide bonds. The van der Waals surface area contributed by atoms with E-state index in [1.165, 1.54) is 0 Å². The highest BCUT2D eigenvalue weighted by Crippen LogP contribution is 2.22. The SMILES string of the molecule is O=C(c1cc(-c2ccccc2)on1)N1CCN(c2ccnc(N3CCOCC3)n2)CC1. The van der Waals surface area contributed by atoms with Gasteiger partial charge in [0.25, 0.3) is 5.91 Å². The Morgan fingerprint density at radius 2 is 1.68 bits per heavy atom. The molecule has 9 nitrogen and oxygen atoms in total. The third-order valence-corrected chi connectivity index (χ3v) is 5.60. The maximum Gasteiger partial charge on any atom is 0.276 e. The summed E-state index contributed by atoms with van der Waals surface area (Å²) < 4.78 is 10.8. The van der Waals surface area contributed by atoms with Gasteiger partial charge in [0.05, 0.1) is 13.2 Å². The van der Waals surface area contributed by atoms with Crippen LogP contribution in [0.4, 0.5) is 11.8 Å². The average Bonchev–Trinajstić information content (AvgIpc) is 3.35. The van der Waals surface area contributed by atoms with Crippen molar-refractivity contribution in [3.05, 3.63) is 54.4 Å². The molecule has 0 unspecified atom stereocenters. The summed E-state index contributed by atoms with van der Waals surface area (Å²) in [5.41, 5.74) is 1.24. The lowest BCUT2D eigenvalue weighted by molar-refractivity contribution is 0.0736. The number of piperazine rings is 1. The summed E-state index contributed by atoms with van der Waals surface area (Å²) >= 11 is 0. The van der Waals surface area contributed by atoms with Crippen molar-refractivity contribution in [1.29, 1.82) is 0 Å². The van der Waals surface area contributed by atoms with Crippen molar-refractivity contribution in [2.24, 2.45) is 0 Å². The Morgan fingerprint density at radius 3 is 2.45 bits per heavy atom.